The van der Waals surface area contributed by atoms with E-state index in [9.17, 15) is 4.79 Å². The molecule has 1 saturated carbocycles. The molecular formula is C21H23NO3. The Hall–Kier alpha value is -2.49. The Morgan fingerprint density at radius 2 is 1.60 bits per heavy atom. The van der Waals surface area contributed by atoms with Gasteiger partial charge >= 0.3 is 0 Å². The molecule has 4 heteroatoms. The number of nitrogens with one attached hydrogen (secondary N) is 1. The van der Waals surface area contributed by atoms with Crippen LogP contribution in [0.25, 0.3) is 0 Å². The van der Waals surface area contributed by atoms with Gasteiger partial charge in [0.05, 0.1) is 0 Å². The van der Waals surface area contributed by atoms with E-state index < -0.39 is 0 Å². The molecule has 0 saturated heterocycles. The van der Waals surface area contributed by atoms with Gasteiger partial charge in [0.1, 0.15) is 13.2 Å². The second-order valence-corrected chi connectivity index (χ2v) is 6.77. The van der Waals surface area contributed by atoms with Crippen LogP contribution in [0, 0.1) is 0 Å². The normalized spacial score (nSPS) is 17.1. The summed E-state index contributed by atoms with van der Waals surface area (Å²) >= 11 is 0. The minimum atomic E-state index is -0.105. The topological polar surface area (TPSA) is 47.6 Å². The van der Waals surface area contributed by atoms with Crippen LogP contribution in [-0.2, 0) is 0 Å². The van der Waals surface area contributed by atoms with Crippen molar-refractivity contribution in [2.24, 2.45) is 0 Å². The van der Waals surface area contributed by atoms with Crippen molar-refractivity contribution in [2.75, 3.05) is 18.5 Å². The number of amides is 1. The van der Waals surface area contributed by atoms with Gasteiger partial charge in [0.15, 0.2) is 11.5 Å². The lowest BCUT2D eigenvalue weighted by atomic mass is 9.84. The van der Waals surface area contributed by atoms with Gasteiger partial charge < -0.3 is 14.8 Å². The highest BCUT2D eigenvalue weighted by Crippen LogP contribution is 2.34. The highest BCUT2D eigenvalue weighted by Gasteiger charge is 2.16. The standard InChI is InChI=1S/C21H23NO3/c23-21(22-18-10-11-19-20(14-18)25-13-12-24-19)17-8-6-16(7-9-17)15-4-2-1-3-5-15/h6-11,14-15H,1-5,12-13H2,(H,22,23). The van der Waals surface area contributed by atoms with Crippen molar-refractivity contribution in [3.8, 4) is 11.5 Å². The molecule has 4 nitrogen and oxygen atoms in total. The second kappa shape index (κ2) is 7.18. The zero-order valence-corrected chi connectivity index (χ0v) is 14.3. The second-order valence-electron chi connectivity index (χ2n) is 6.77. The molecule has 0 radical (unpaired) electrons. The molecule has 1 fully saturated rings. The van der Waals surface area contributed by atoms with Crippen molar-refractivity contribution in [3.63, 3.8) is 0 Å². The Morgan fingerprint density at radius 1 is 0.880 bits per heavy atom. The van der Waals surface area contributed by atoms with Crippen molar-refractivity contribution >= 4 is 11.6 Å². The minimum Gasteiger partial charge on any atom is -0.486 e. The molecule has 0 unspecified atom stereocenters. The monoisotopic (exact) mass is 337 g/mol. The summed E-state index contributed by atoms with van der Waals surface area (Å²) in [5.41, 5.74) is 2.75. The van der Waals surface area contributed by atoms with Gasteiger partial charge in [0.25, 0.3) is 5.91 Å². The fourth-order valence-electron chi connectivity index (χ4n) is 3.67. The van der Waals surface area contributed by atoms with Crippen LogP contribution in [0.5, 0.6) is 11.5 Å². The lowest BCUT2D eigenvalue weighted by molar-refractivity contribution is 0.102. The smallest absolute Gasteiger partial charge is 0.255 e. The first-order valence-corrected chi connectivity index (χ1v) is 9.10. The van der Waals surface area contributed by atoms with Crippen molar-refractivity contribution in [2.45, 2.75) is 38.0 Å². The van der Waals surface area contributed by atoms with Gasteiger partial charge in [0.2, 0.25) is 0 Å². The molecule has 1 aliphatic heterocycles. The third-order valence-corrected chi connectivity index (χ3v) is 5.05. The Balaban J connectivity index is 1.44. The molecule has 2 aromatic carbocycles. The van der Waals surface area contributed by atoms with Gasteiger partial charge in [-0.2, -0.15) is 0 Å². The average molecular weight is 337 g/mol. The fourth-order valence-corrected chi connectivity index (χ4v) is 3.67. The van der Waals surface area contributed by atoms with Crippen LogP contribution in [0.2, 0.25) is 0 Å². The first kappa shape index (κ1) is 16.0. The van der Waals surface area contributed by atoms with Crippen LogP contribution in [0.4, 0.5) is 5.69 Å². The number of ether oxygens (including phenoxy) is 2. The maximum absolute atomic E-state index is 12.5. The first-order valence-electron chi connectivity index (χ1n) is 9.10. The first-order chi connectivity index (χ1) is 12.3. The van der Waals surface area contributed by atoms with Gasteiger partial charge in [-0.05, 0) is 48.6 Å². The van der Waals surface area contributed by atoms with E-state index >= 15 is 0 Å². The molecule has 1 heterocycles. The molecule has 25 heavy (non-hydrogen) atoms. The number of fused-ring (bicyclic) bond motifs is 1. The Morgan fingerprint density at radius 3 is 2.36 bits per heavy atom. The number of carbonyl (C=O) groups excluding carboxylic acids is 1. The van der Waals surface area contributed by atoms with Gasteiger partial charge in [-0.3, -0.25) is 4.79 Å². The summed E-state index contributed by atoms with van der Waals surface area (Å²) in [6.45, 7) is 1.10. The Kier molecular flexibility index (Phi) is 4.59. The number of carbonyl (C=O) groups is 1. The molecule has 1 amide bonds. The van der Waals surface area contributed by atoms with E-state index in [-0.39, 0.29) is 5.91 Å². The predicted octanol–water partition coefficient (Wildman–Crippen LogP) is 4.76. The summed E-state index contributed by atoms with van der Waals surface area (Å²) in [4.78, 5) is 12.5. The van der Waals surface area contributed by atoms with Gasteiger partial charge in [0, 0.05) is 17.3 Å². The number of rotatable bonds is 3. The lowest BCUT2D eigenvalue weighted by Gasteiger charge is -2.22. The lowest BCUT2D eigenvalue weighted by Crippen LogP contribution is -2.16. The number of anilines is 1. The quantitative estimate of drug-likeness (QED) is 0.878. The zero-order valence-electron chi connectivity index (χ0n) is 14.3. The summed E-state index contributed by atoms with van der Waals surface area (Å²) in [5.74, 6) is 1.95. The molecule has 0 bridgehead atoms. The molecule has 0 spiro atoms. The van der Waals surface area contributed by atoms with Gasteiger partial charge in [-0.15, -0.1) is 0 Å². The molecule has 2 aliphatic rings. The maximum Gasteiger partial charge on any atom is 0.255 e. The highest BCUT2D eigenvalue weighted by molar-refractivity contribution is 6.04. The van der Waals surface area contributed by atoms with E-state index in [1.807, 2.05) is 30.3 Å². The van der Waals surface area contributed by atoms with E-state index in [1.165, 1.54) is 37.7 Å². The molecule has 0 atom stereocenters. The van der Waals surface area contributed by atoms with E-state index in [4.69, 9.17) is 9.47 Å². The molecule has 0 aromatic heterocycles. The molecule has 2 aromatic rings. The summed E-state index contributed by atoms with van der Waals surface area (Å²) in [5, 5.41) is 2.93. The van der Waals surface area contributed by atoms with Crippen LogP contribution in [0.3, 0.4) is 0 Å². The third kappa shape index (κ3) is 3.63. The van der Waals surface area contributed by atoms with Crippen LogP contribution in [0.1, 0.15) is 53.9 Å². The van der Waals surface area contributed by atoms with Crippen LogP contribution < -0.4 is 14.8 Å². The number of benzene rings is 2. The van der Waals surface area contributed by atoms with E-state index in [0.717, 1.165) is 5.75 Å². The fraction of sp³-hybridized carbons (Fsp3) is 0.381. The zero-order chi connectivity index (χ0) is 17.1. The van der Waals surface area contributed by atoms with Gasteiger partial charge in [-0.25, -0.2) is 0 Å². The Labute approximate surface area is 148 Å². The minimum absolute atomic E-state index is 0.105. The molecule has 130 valence electrons. The van der Waals surface area contributed by atoms with E-state index in [2.05, 4.69) is 17.4 Å². The van der Waals surface area contributed by atoms with Crippen molar-refractivity contribution in [1.29, 1.82) is 0 Å². The molecule has 1 aliphatic carbocycles. The Bertz CT molecular complexity index is 748. The summed E-state index contributed by atoms with van der Waals surface area (Å²) in [6.07, 6.45) is 6.52. The molecular weight excluding hydrogens is 314 g/mol. The van der Waals surface area contributed by atoms with E-state index in [1.54, 1.807) is 0 Å². The largest absolute Gasteiger partial charge is 0.486 e. The van der Waals surface area contributed by atoms with Crippen molar-refractivity contribution in [1.82, 2.24) is 0 Å². The number of hydrogen-bond donors (Lipinski definition) is 1. The third-order valence-electron chi connectivity index (χ3n) is 5.05. The maximum atomic E-state index is 12.5. The van der Waals surface area contributed by atoms with Crippen molar-refractivity contribution < 1.29 is 14.3 Å². The summed E-state index contributed by atoms with van der Waals surface area (Å²) in [7, 11) is 0. The van der Waals surface area contributed by atoms with Crippen LogP contribution in [0.15, 0.2) is 42.5 Å². The summed E-state index contributed by atoms with van der Waals surface area (Å²) in [6, 6.07) is 13.5. The SMILES string of the molecule is O=C(Nc1ccc2c(c1)OCCO2)c1ccc(C2CCCCC2)cc1. The van der Waals surface area contributed by atoms with Crippen molar-refractivity contribution in [3.05, 3.63) is 53.6 Å². The van der Waals surface area contributed by atoms with Gasteiger partial charge in [-0.1, -0.05) is 31.4 Å². The molecule has 4 rings (SSSR count). The van der Waals surface area contributed by atoms with Crippen LogP contribution >= 0.6 is 0 Å². The average Bonchev–Trinajstić information content (AvgIpc) is 2.69. The summed E-state index contributed by atoms with van der Waals surface area (Å²) < 4.78 is 11.1. The number of hydrogen-bond acceptors (Lipinski definition) is 3. The van der Waals surface area contributed by atoms with Crippen LogP contribution in [-0.4, -0.2) is 19.1 Å². The predicted molar refractivity (Wildman–Crippen MR) is 97.7 cm³/mol. The van der Waals surface area contributed by atoms with E-state index in [0.29, 0.717) is 36.1 Å². The molecule has 1 N–H and O–H groups in total. The highest BCUT2D eigenvalue weighted by atomic mass is 16.6.